The van der Waals surface area contributed by atoms with Crippen molar-refractivity contribution in [2.45, 2.75) is 40.0 Å². The second kappa shape index (κ2) is 9.02. The normalized spacial score (nSPS) is 10.4. The van der Waals surface area contributed by atoms with Crippen molar-refractivity contribution in [1.29, 1.82) is 0 Å². The van der Waals surface area contributed by atoms with Gasteiger partial charge in [-0.05, 0) is 61.6 Å². The van der Waals surface area contributed by atoms with E-state index in [4.69, 9.17) is 4.74 Å². The van der Waals surface area contributed by atoms with Crippen molar-refractivity contribution in [3.63, 3.8) is 0 Å². The van der Waals surface area contributed by atoms with Crippen molar-refractivity contribution in [3.8, 4) is 0 Å². The maximum Gasteiger partial charge on any atom is 0.338 e. The van der Waals surface area contributed by atoms with Crippen LogP contribution in [0.5, 0.6) is 0 Å². The smallest absolute Gasteiger partial charge is 0.338 e. The summed E-state index contributed by atoms with van der Waals surface area (Å²) in [6, 6.07) is 13.2. The highest BCUT2D eigenvalue weighted by Crippen LogP contribution is 2.14. The molecule has 0 aliphatic rings. The van der Waals surface area contributed by atoms with E-state index >= 15 is 0 Å². The Morgan fingerprint density at radius 1 is 1.04 bits per heavy atom. The molecule has 0 radical (unpaired) electrons. The van der Waals surface area contributed by atoms with E-state index in [0.29, 0.717) is 11.3 Å². The number of hydrogen-bond donors (Lipinski definition) is 1. The van der Waals surface area contributed by atoms with Gasteiger partial charge in [0.1, 0.15) is 0 Å². The zero-order chi connectivity index (χ0) is 18.2. The summed E-state index contributed by atoms with van der Waals surface area (Å²) < 4.78 is 5.12. The number of amides is 1. The van der Waals surface area contributed by atoms with Gasteiger partial charge in [-0.3, -0.25) is 4.79 Å². The Bertz CT molecular complexity index is 735. The molecule has 25 heavy (non-hydrogen) atoms. The fraction of sp³-hybridized carbons (Fsp3) is 0.333. The molecule has 2 rings (SSSR count). The molecule has 0 atom stereocenters. The first kappa shape index (κ1) is 18.7. The fourth-order valence-electron chi connectivity index (χ4n) is 2.51. The van der Waals surface area contributed by atoms with Gasteiger partial charge in [-0.2, -0.15) is 0 Å². The van der Waals surface area contributed by atoms with Gasteiger partial charge in [0.25, 0.3) is 5.91 Å². The van der Waals surface area contributed by atoms with Crippen LogP contribution in [0.3, 0.4) is 0 Å². The lowest BCUT2D eigenvalue weighted by Gasteiger charge is -2.10. The summed E-state index contributed by atoms with van der Waals surface area (Å²) in [6.07, 6.45) is 3.35. The van der Waals surface area contributed by atoms with E-state index in [0.717, 1.165) is 30.4 Å². The summed E-state index contributed by atoms with van der Waals surface area (Å²) in [4.78, 5) is 24.1. The number of ether oxygens (including phenoxy) is 1. The van der Waals surface area contributed by atoms with Crippen LogP contribution in [0.1, 0.15) is 46.8 Å². The highest BCUT2D eigenvalue weighted by atomic mass is 16.5. The molecule has 2 aromatic carbocycles. The van der Waals surface area contributed by atoms with Gasteiger partial charge in [0, 0.05) is 5.69 Å². The molecule has 0 aliphatic heterocycles. The van der Waals surface area contributed by atoms with Gasteiger partial charge in [0.2, 0.25) is 0 Å². The molecule has 0 saturated heterocycles. The Kier molecular flexibility index (Phi) is 6.75. The second-order valence-corrected chi connectivity index (χ2v) is 6.17. The number of carbonyl (C=O) groups excluding carboxylic acids is 2. The number of carbonyl (C=O) groups is 2. The fourth-order valence-corrected chi connectivity index (χ4v) is 2.51. The van der Waals surface area contributed by atoms with Crippen LogP contribution in [0.25, 0.3) is 0 Å². The minimum Gasteiger partial charge on any atom is -0.452 e. The first-order valence-electron chi connectivity index (χ1n) is 8.63. The first-order valence-corrected chi connectivity index (χ1v) is 8.63. The third-order valence-corrected chi connectivity index (χ3v) is 4.22. The summed E-state index contributed by atoms with van der Waals surface area (Å²) >= 11 is 0. The van der Waals surface area contributed by atoms with E-state index in [-0.39, 0.29) is 12.5 Å². The summed E-state index contributed by atoms with van der Waals surface area (Å²) in [6.45, 7) is 5.66. The third-order valence-electron chi connectivity index (χ3n) is 4.22. The minimum atomic E-state index is -0.480. The van der Waals surface area contributed by atoms with E-state index in [1.165, 1.54) is 5.56 Å². The molecule has 0 spiro atoms. The Morgan fingerprint density at radius 2 is 1.76 bits per heavy atom. The van der Waals surface area contributed by atoms with E-state index in [1.54, 1.807) is 12.1 Å². The maximum absolute atomic E-state index is 12.1. The van der Waals surface area contributed by atoms with Crippen LogP contribution < -0.4 is 5.32 Å². The molecule has 0 bridgehead atoms. The zero-order valence-corrected chi connectivity index (χ0v) is 15.1. The number of aryl methyl sites for hydroxylation is 2. The lowest BCUT2D eigenvalue weighted by atomic mass is 10.0. The molecular formula is C21H25NO3. The lowest BCUT2D eigenvalue weighted by molar-refractivity contribution is -0.119. The van der Waals surface area contributed by atoms with Crippen molar-refractivity contribution in [2.24, 2.45) is 0 Å². The molecule has 0 aliphatic carbocycles. The standard InChI is InChI=1S/C21H25NO3/c1-4-5-8-17-10-12-18(13-11-17)22-20(23)14-25-21(24)19-9-6-7-15(2)16(19)3/h6-7,9-13H,4-5,8,14H2,1-3H3,(H,22,23). The molecule has 132 valence electrons. The van der Waals surface area contributed by atoms with Crippen molar-refractivity contribution in [1.82, 2.24) is 0 Å². The van der Waals surface area contributed by atoms with Gasteiger partial charge >= 0.3 is 5.97 Å². The van der Waals surface area contributed by atoms with Crippen LogP contribution in [0, 0.1) is 13.8 Å². The van der Waals surface area contributed by atoms with Gasteiger partial charge < -0.3 is 10.1 Å². The summed E-state index contributed by atoms with van der Waals surface area (Å²) in [5.41, 5.74) is 4.33. The Morgan fingerprint density at radius 3 is 2.44 bits per heavy atom. The molecule has 4 nitrogen and oxygen atoms in total. The van der Waals surface area contributed by atoms with Crippen LogP contribution in [-0.2, 0) is 16.0 Å². The molecule has 1 amide bonds. The molecule has 0 aromatic heterocycles. The average molecular weight is 339 g/mol. The van der Waals surface area contributed by atoms with Crippen LogP contribution in [0.4, 0.5) is 5.69 Å². The summed E-state index contributed by atoms with van der Waals surface area (Å²) in [5.74, 6) is -0.828. The predicted molar refractivity (Wildman–Crippen MR) is 99.9 cm³/mol. The van der Waals surface area contributed by atoms with Crippen LogP contribution >= 0.6 is 0 Å². The highest BCUT2D eigenvalue weighted by molar-refractivity contribution is 5.96. The molecule has 0 heterocycles. The third kappa shape index (κ3) is 5.45. The monoisotopic (exact) mass is 339 g/mol. The zero-order valence-electron chi connectivity index (χ0n) is 15.1. The lowest BCUT2D eigenvalue weighted by Crippen LogP contribution is -2.21. The molecule has 4 heteroatoms. The number of rotatable bonds is 7. The average Bonchev–Trinajstić information content (AvgIpc) is 2.61. The molecule has 1 N–H and O–H groups in total. The van der Waals surface area contributed by atoms with Crippen LogP contribution in [0.2, 0.25) is 0 Å². The quantitative estimate of drug-likeness (QED) is 0.759. The molecule has 0 saturated carbocycles. The van der Waals surface area contributed by atoms with Gasteiger partial charge in [-0.15, -0.1) is 0 Å². The van der Waals surface area contributed by atoms with Crippen molar-refractivity contribution in [2.75, 3.05) is 11.9 Å². The molecule has 0 fully saturated rings. The van der Waals surface area contributed by atoms with E-state index in [1.807, 2.05) is 44.2 Å². The number of benzene rings is 2. The van der Waals surface area contributed by atoms with Crippen molar-refractivity contribution < 1.29 is 14.3 Å². The van der Waals surface area contributed by atoms with Gasteiger partial charge in [0.15, 0.2) is 6.61 Å². The second-order valence-electron chi connectivity index (χ2n) is 6.17. The summed E-state index contributed by atoms with van der Waals surface area (Å²) in [5, 5.41) is 2.74. The number of unbranched alkanes of at least 4 members (excludes halogenated alkanes) is 1. The molecule has 2 aromatic rings. The summed E-state index contributed by atoms with van der Waals surface area (Å²) in [7, 11) is 0. The maximum atomic E-state index is 12.1. The highest BCUT2D eigenvalue weighted by Gasteiger charge is 2.13. The number of esters is 1. The Labute approximate surface area is 149 Å². The van der Waals surface area contributed by atoms with Crippen LogP contribution in [-0.4, -0.2) is 18.5 Å². The molecular weight excluding hydrogens is 314 g/mol. The van der Waals surface area contributed by atoms with Crippen LogP contribution in [0.15, 0.2) is 42.5 Å². The first-order chi connectivity index (χ1) is 12.0. The van der Waals surface area contributed by atoms with E-state index in [2.05, 4.69) is 12.2 Å². The Balaban J connectivity index is 1.86. The minimum absolute atomic E-state index is 0.302. The van der Waals surface area contributed by atoms with Gasteiger partial charge in [0.05, 0.1) is 5.56 Å². The topological polar surface area (TPSA) is 55.4 Å². The van der Waals surface area contributed by atoms with Gasteiger partial charge in [-0.25, -0.2) is 4.79 Å². The van der Waals surface area contributed by atoms with E-state index in [9.17, 15) is 9.59 Å². The number of hydrogen-bond acceptors (Lipinski definition) is 3. The van der Waals surface area contributed by atoms with Gasteiger partial charge in [-0.1, -0.05) is 37.6 Å². The largest absolute Gasteiger partial charge is 0.452 e. The molecule has 0 unspecified atom stereocenters. The van der Waals surface area contributed by atoms with Crippen molar-refractivity contribution >= 4 is 17.6 Å². The number of nitrogens with one attached hydrogen (secondary N) is 1. The van der Waals surface area contributed by atoms with E-state index < -0.39 is 5.97 Å². The van der Waals surface area contributed by atoms with Crippen molar-refractivity contribution in [3.05, 3.63) is 64.7 Å². The predicted octanol–water partition coefficient (Wildman–Crippen LogP) is 4.44. The Hall–Kier alpha value is -2.62. The number of anilines is 1. The SMILES string of the molecule is CCCCc1ccc(NC(=O)COC(=O)c2cccc(C)c2C)cc1.